The van der Waals surface area contributed by atoms with Gasteiger partial charge in [-0.1, -0.05) is 0 Å². The first-order chi connectivity index (χ1) is 8.10. The lowest BCUT2D eigenvalue weighted by molar-refractivity contribution is 0.687. The van der Waals surface area contributed by atoms with Gasteiger partial charge in [-0.2, -0.15) is 10.5 Å². The van der Waals surface area contributed by atoms with Crippen LogP contribution in [0.5, 0.6) is 0 Å². The maximum atomic E-state index is 8.81. The Morgan fingerprint density at radius 3 is 2.53 bits per heavy atom. The molecule has 1 rings (SSSR count). The number of nitrogens with two attached hydrogens (primary N) is 1. The van der Waals surface area contributed by atoms with Crippen LogP contribution in [-0.2, 0) is 0 Å². The van der Waals surface area contributed by atoms with Crippen molar-refractivity contribution in [3.63, 3.8) is 0 Å². The van der Waals surface area contributed by atoms with Crippen molar-refractivity contribution in [1.82, 2.24) is 0 Å². The number of benzene rings is 1. The molecule has 0 atom stereocenters. The van der Waals surface area contributed by atoms with Gasteiger partial charge in [0.25, 0.3) is 0 Å². The summed E-state index contributed by atoms with van der Waals surface area (Å²) in [4.78, 5) is 2.10. The van der Waals surface area contributed by atoms with Gasteiger partial charge in [0.05, 0.1) is 23.7 Å². The summed E-state index contributed by atoms with van der Waals surface area (Å²) in [5, 5.41) is 17.4. The molecule has 17 heavy (non-hydrogen) atoms. The van der Waals surface area contributed by atoms with E-state index in [1.807, 2.05) is 12.1 Å². The lowest BCUT2D eigenvalue weighted by Gasteiger charge is -2.28. The number of nitrogens with zero attached hydrogens (tertiary/aromatic N) is 3. The fourth-order valence-corrected chi connectivity index (χ4v) is 1.69. The molecule has 0 saturated carbocycles. The van der Waals surface area contributed by atoms with E-state index < -0.39 is 0 Å². The number of anilines is 2. The van der Waals surface area contributed by atoms with Crippen LogP contribution in [0.2, 0.25) is 0 Å². The number of nitriles is 2. The third-order valence-corrected chi connectivity index (χ3v) is 2.58. The highest BCUT2D eigenvalue weighted by molar-refractivity contribution is 5.63. The molecule has 2 N–H and O–H groups in total. The van der Waals surface area contributed by atoms with Crippen molar-refractivity contribution in [1.29, 1.82) is 10.5 Å². The molecule has 4 heteroatoms. The van der Waals surface area contributed by atoms with Crippen LogP contribution in [-0.4, -0.2) is 12.6 Å². The smallest absolute Gasteiger partial charge is 0.101 e. The van der Waals surface area contributed by atoms with E-state index in [4.69, 9.17) is 16.3 Å². The lowest BCUT2D eigenvalue weighted by atomic mass is 10.1. The molecular weight excluding hydrogens is 212 g/mol. The number of nitrogen functional groups attached to an aromatic ring is 1. The first-order valence-corrected chi connectivity index (χ1v) is 5.53. The molecule has 0 bridgehead atoms. The summed E-state index contributed by atoms with van der Waals surface area (Å²) >= 11 is 0. The molecule has 0 spiro atoms. The molecule has 0 saturated heterocycles. The molecule has 0 radical (unpaired) electrons. The van der Waals surface area contributed by atoms with Crippen molar-refractivity contribution in [2.45, 2.75) is 26.3 Å². The molecule has 0 fully saturated rings. The van der Waals surface area contributed by atoms with E-state index in [9.17, 15) is 0 Å². The van der Waals surface area contributed by atoms with Crippen LogP contribution in [0.1, 0.15) is 25.8 Å². The van der Waals surface area contributed by atoms with E-state index in [1.165, 1.54) is 0 Å². The lowest BCUT2D eigenvalue weighted by Crippen LogP contribution is -2.31. The van der Waals surface area contributed by atoms with Gasteiger partial charge >= 0.3 is 0 Å². The maximum absolute atomic E-state index is 8.81. The Morgan fingerprint density at radius 2 is 2.06 bits per heavy atom. The van der Waals surface area contributed by atoms with E-state index in [0.29, 0.717) is 24.2 Å². The Kier molecular flexibility index (Phi) is 4.37. The van der Waals surface area contributed by atoms with Crippen molar-refractivity contribution in [3.8, 4) is 12.1 Å². The van der Waals surface area contributed by atoms with Crippen molar-refractivity contribution >= 4 is 11.4 Å². The van der Waals surface area contributed by atoms with E-state index in [0.717, 1.165) is 5.69 Å². The van der Waals surface area contributed by atoms with Gasteiger partial charge < -0.3 is 10.6 Å². The van der Waals surface area contributed by atoms with Crippen LogP contribution in [0.25, 0.3) is 0 Å². The molecular formula is C13H16N4. The van der Waals surface area contributed by atoms with Crippen LogP contribution in [0.15, 0.2) is 18.2 Å². The van der Waals surface area contributed by atoms with Gasteiger partial charge in [0.2, 0.25) is 0 Å². The molecule has 0 aliphatic carbocycles. The summed E-state index contributed by atoms with van der Waals surface area (Å²) < 4.78 is 0. The molecule has 0 unspecified atom stereocenters. The zero-order valence-electron chi connectivity index (χ0n) is 10.1. The summed E-state index contributed by atoms with van der Waals surface area (Å²) in [5.41, 5.74) is 7.70. The zero-order valence-corrected chi connectivity index (χ0v) is 10.1. The van der Waals surface area contributed by atoms with Crippen molar-refractivity contribution in [2.75, 3.05) is 17.2 Å². The zero-order chi connectivity index (χ0) is 12.8. The van der Waals surface area contributed by atoms with E-state index in [2.05, 4.69) is 24.8 Å². The summed E-state index contributed by atoms with van der Waals surface area (Å²) in [5.74, 6) is 0. The van der Waals surface area contributed by atoms with Gasteiger partial charge in [0, 0.05) is 18.3 Å². The van der Waals surface area contributed by atoms with E-state index >= 15 is 0 Å². The Labute approximate surface area is 102 Å². The number of hydrogen-bond donors (Lipinski definition) is 1. The third kappa shape index (κ3) is 3.12. The first-order valence-electron chi connectivity index (χ1n) is 5.53. The summed E-state index contributed by atoms with van der Waals surface area (Å²) in [6.45, 7) is 4.79. The second kappa shape index (κ2) is 5.77. The Hall–Kier alpha value is -2.20. The second-order valence-electron chi connectivity index (χ2n) is 4.08. The highest BCUT2D eigenvalue weighted by Gasteiger charge is 2.11. The highest BCUT2D eigenvalue weighted by Crippen LogP contribution is 2.22. The normalized spacial score (nSPS) is 9.71. The maximum Gasteiger partial charge on any atom is 0.101 e. The summed E-state index contributed by atoms with van der Waals surface area (Å²) in [6.07, 6.45) is 0.470. The first kappa shape index (κ1) is 12.9. The third-order valence-electron chi connectivity index (χ3n) is 2.58. The van der Waals surface area contributed by atoms with Crippen molar-refractivity contribution in [3.05, 3.63) is 23.8 Å². The van der Waals surface area contributed by atoms with Gasteiger partial charge in [-0.15, -0.1) is 0 Å². The predicted molar refractivity (Wildman–Crippen MR) is 68.3 cm³/mol. The second-order valence-corrected chi connectivity index (χ2v) is 4.08. The van der Waals surface area contributed by atoms with Crippen molar-refractivity contribution in [2.24, 2.45) is 0 Å². The molecule has 0 heterocycles. The number of rotatable bonds is 4. The van der Waals surface area contributed by atoms with Crippen LogP contribution in [0.3, 0.4) is 0 Å². The molecule has 0 amide bonds. The van der Waals surface area contributed by atoms with Gasteiger partial charge in [0.15, 0.2) is 0 Å². The Bertz CT molecular complexity index is 465. The van der Waals surface area contributed by atoms with Crippen LogP contribution >= 0.6 is 0 Å². The van der Waals surface area contributed by atoms with E-state index in [1.54, 1.807) is 12.1 Å². The molecule has 0 aromatic heterocycles. The number of hydrogen-bond acceptors (Lipinski definition) is 4. The SMILES string of the molecule is CC(C)N(CCC#N)c1ccc(C#N)c(N)c1. The minimum atomic E-state index is 0.288. The molecule has 88 valence electrons. The average Bonchev–Trinajstić information content (AvgIpc) is 2.29. The largest absolute Gasteiger partial charge is 0.398 e. The summed E-state index contributed by atoms with van der Waals surface area (Å²) in [6, 6.07) is 9.83. The predicted octanol–water partition coefficient (Wildman–Crippen LogP) is 2.27. The minimum Gasteiger partial charge on any atom is -0.398 e. The van der Waals surface area contributed by atoms with Gasteiger partial charge in [0.1, 0.15) is 6.07 Å². The topological polar surface area (TPSA) is 76.8 Å². The van der Waals surface area contributed by atoms with Crippen molar-refractivity contribution < 1.29 is 0 Å². The summed E-state index contributed by atoms with van der Waals surface area (Å²) in [7, 11) is 0. The standard InChI is InChI=1S/C13H16N4/c1-10(2)17(7-3-6-14)12-5-4-11(9-15)13(16)8-12/h4-5,8,10H,3,7,16H2,1-2H3. The fourth-order valence-electron chi connectivity index (χ4n) is 1.69. The van der Waals surface area contributed by atoms with Gasteiger partial charge in [-0.3, -0.25) is 0 Å². The molecule has 1 aromatic carbocycles. The van der Waals surface area contributed by atoms with E-state index in [-0.39, 0.29) is 6.04 Å². The van der Waals surface area contributed by atoms with Crippen LogP contribution < -0.4 is 10.6 Å². The highest BCUT2D eigenvalue weighted by atomic mass is 15.1. The molecule has 0 aliphatic rings. The minimum absolute atomic E-state index is 0.288. The monoisotopic (exact) mass is 228 g/mol. The Morgan fingerprint density at radius 1 is 1.35 bits per heavy atom. The van der Waals surface area contributed by atoms with Gasteiger partial charge in [-0.25, -0.2) is 0 Å². The fraction of sp³-hybridized carbons (Fsp3) is 0.385. The molecule has 1 aromatic rings. The average molecular weight is 228 g/mol. The van der Waals surface area contributed by atoms with Crippen LogP contribution in [0.4, 0.5) is 11.4 Å². The van der Waals surface area contributed by atoms with Gasteiger partial charge in [-0.05, 0) is 32.0 Å². The molecule has 0 aliphatic heterocycles. The molecule has 4 nitrogen and oxygen atoms in total. The Balaban J connectivity index is 3.00. The quantitative estimate of drug-likeness (QED) is 0.802. The van der Waals surface area contributed by atoms with Crippen LogP contribution in [0, 0.1) is 22.7 Å².